The summed E-state index contributed by atoms with van der Waals surface area (Å²) in [5.74, 6) is 0.540. The lowest BCUT2D eigenvalue weighted by Crippen LogP contribution is -2.05. The number of fused-ring (bicyclic) bond motifs is 1. The molecule has 0 atom stereocenters. The monoisotopic (exact) mass is 435 g/mol. The van der Waals surface area contributed by atoms with Gasteiger partial charge < -0.3 is 19.1 Å². The van der Waals surface area contributed by atoms with Gasteiger partial charge in [0.1, 0.15) is 11.5 Å². The Hall–Kier alpha value is -3.44. The summed E-state index contributed by atoms with van der Waals surface area (Å²) in [7, 11) is 3.22. The molecular weight excluding hydrogens is 414 g/mol. The van der Waals surface area contributed by atoms with E-state index >= 15 is 0 Å². The Balaban J connectivity index is 1.99. The third-order valence-corrected chi connectivity index (χ3v) is 5.57. The molecule has 1 heterocycles. The second-order valence-corrected chi connectivity index (χ2v) is 7.66. The Labute approximate surface area is 185 Å². The highest BCUT2D eigenvalue weighted by Crippen LogP contribution is 2.37. The lowest BCUT2D eigenvalue weighted by atomic mass is 10.0. The maximum absolute atomic E-state index is 11.8. The van der Waals surface area contributed by atoms with Crippen molar-refractivity contribution in [1.82, 2.24) is 4.57 Å². The Bertz CT molecular complexity index is 1230. The molecule has 3 aromatic carbocycles. The molecule has 0 saturated heterocycles. The summed E-state index contributed by atoms with van der Waals surface area (Å²) in [6.07, 6.45) is -0.0986. The number of aromatic nitrogens is 1. The third kappa shape index (κ3) is 4.23. The van der Waals surface area contributed by atoms with Crippen molar-refractivity contribution in [3.63, 3.8) is 0 Å². The van der Waals surface area contributed by atoms with Gasteiger partial charge in [-0.3, -0.25) is 4.79 Å². The van der Waals surface area contributed by atoms with Crippen LogP contribution in [0.2, 0.25) is 5.02 Å². The van der Waals surface area contributed by atoms with E-state index < -0.39 is 5.97 Å². The fourth-order valence-electron chi connectivity index (χ4n) is 3.88. The number of carbonyl (C=O) groups is 1. The minimum atomic E-state index is -0.886. The SMILES string of the molecule is COc1ccc(-c2c(CC(=O)O)c3cc(OC)ccc3n2Cc2ccc(Cl)cc2)cc1. The van der Waals surface area contributed by atoms with E-state index in [1.165, 1.54) is 0 Å². The van der Waals surface area contributed by atoms with Crippen molar-refractivity contribution in [2.24, 2.45) is 0 Å². The molecule has 0 aliphatic heterocycles. The number of halogens is 1. The van der Waals surface area contributed by atoms with Gasteiger partial charge in [-0.1, -0.05) is 23.7 Å². The molecule has 5 nitrogen and oxygen atoms in total. The molecule has 0 saturated carbocycles. The normalized spacial score (nSPS) is 10.9. The van der Waals surface area contributed by atoms with Gasteiger partial charge in [0.2, 0.25) is 0 Å². The van der Waals surface area contributed by atoms with E-state index in [2.05, 4.69) is 4.57 Å². The van der Waals surface area contributed by atoms with Gasteiger partial charge in [-0.15, -0.1) is 0 Å². The number of hydrogen-bond donors (Lipinski definition) is 1. The van der Waals surface area contributed by atoms with Gasteiger partial charge in [0.15, 0.2) is 0 Å². The average molecular weight is 436 g/mol. The summed E-state index contributed by atoms with van der Waals surface area (Å²) in [6, 6.07) is 21.1. The van der Waals surface area contributed by atoms with Gasteiger partial charge in [0.25, 0.3) is 0 Å². The Morgan fingerprint density at radius 2 is 1.58 bits per heavy atom. The topological polar surface area (TPSA) is 60.7 Å². The van der Waals surface area contributed by atoms with E-state index in [-0.39, 0.29) is 6.42 Å². The van der Waals surface area contributed by atoms with Crippen LogP contribution in [0.3, 0.4) is 0 Å². The number of ether oxygens (including phenoxy) is 2. The molecule has 0 amide bonds. The first-order chi connectivity index (χ1) is 15.0. The molecule has 4 aromatic rings. The van der Waals surface area contributed by atoms with Crippen molar-refractivity contribution in [1.29, 1.82) is 0 Å². The van der Waals surface area contributed by atoms with Crippen molar-refractivity contribution in [2.45, 2.75) is 13.0 Å². The van der Waals surface area contributed by atoms with Crippen molar-refractivity contribution in [3.8, 4) is 22.8 Å². The molecule has 1 N–H and O–H groups in total. The second kappa shape index (κ2) is 8.74. The molecule has 0 aliphatic rings. The number of methoxy groups -OCH3 is 2. The smallest absolute Gasteiger partial charge is 0.307 e. The maximum Gasteiger partial charge on any atom is 0.307 e. The number of hydrogen-bond acceptors (Lipinski definition) is 3. The maximum atomic E-state index is 11.8. The summed E-state index contributed by atoms with van der Waals surface area (Å²) >= 11 is 6.06. The summed E-state index contributed by atoms with van der Waals surface area (Å²) in [6.45, 7) is 0.570. The molecule has 0 unspecified atom stereocenters. The zero-order valence-corrected chi connectivity index (χ0v) is 18.0. The van der Waals surface area contributed by atoms with E-state index in [4.69, 9.17) is 21.1 Å². The average Bonchev–Trinajstić information content (AvgIpc) is 3.07. The Morgan fingerprint density at radius 3 is 2.19 bits per heavy atom. The predicted molar refractivity (Wildman–Crippen MR) is 122 cm³/mol. The summed E-state index contributed by atoms with van der Waals surface area (Å²) < 4.78 is 12.9. The lowest BCUT2D eigenvalue weighted by molar-refractivity contribution is -0.136. The Morgan fingerprint density at radius 1 is 0.935 bits per heavy atom. The first-order valence-electron chi connectivity index (χ1n) is 9.80. The molecule has 31 heavy (non-hydrogen) atoms. The van der Waals surface area contributed by atoms with Crippen LogP contribution in [0.25, 0.3) is 22.2 Å². The number of rotatable bonds is 7. The highest BCUT2D eigenvalue weighted by molar-refractivity contribution is 6.30. The van der Waals surface area contributed by atoms with Gasteiger partial charge in [-0.05, 0) is 71.3 Å². The fourth-order valence-corrected chi connectivity index (χ4v) is 4.00. The molecule has 6 heteroatoms. The van der Waals surface area contributed by atoms with Crippen molar-refractivity contribution in [2.75, 3.05) is 14.2 Å². The summed E-state index contributed by atoms with van der Waals surface area (Å²) in [4.78, 5) is 11.8. The quantitative estimate of drug-likeness (QED) is 0.407. The van der Waals surface area contributed by atoms with Crippen LogP contribution in [0.1, 0.15) is 11.1 Å². The fraction of sp³-hybridized carbons (Fsp3) is 0.160. The van der Waals surface area contributed by atoms with E-state index in [1.54, 1.807) is 14.2 Å². The minimum absolute atomic E-state index is 0.0986. The van der Waals surface area contributed by atoms with Crippen LogP contribution in [-0.4, -0.2) is 29.9 Å². The number of carboxylic acid groups (broad SMARTS) is 1. The standard InChI is InChI=1S/C25H22ClNO4/c1-30-19-9-5-17(6-10-19)25-22(14-24(28)29)21-13-20(31-2)11-12-23(21)27(25)15-16-3-7-18(26)8-4-16/h3-13H,14-15H2,1-2H3,(H,28,29). The molecule has 4 rings (SSSR count). The van der Waals surface area contributed by atoms with Crippen LogP contribution < -0.4 is 9.47 Å². The number of benzene rings is 3. The molecular formula is C25H22ClNO4. The molecule has 158 valence electrons. The van der Waals surface area contributed by atoms with E-state index in [0.717, 1.165) is 39.0 Å². The van der Waals surface area contributed by atoms with Crippen LogP contribution >= 0.6 is 11.6 Å². The number of carboxylic acids is 1. The van der Waals surface area contributed by atoms with Crippen LogP contribution in [0.5, 0.6) is 11.5 Å². The lowest BCUT2D eigenvalue weighted by Gasteiger charge is -2.13. The van der Waals surface area contributed by atoms with Gasteiger partial charge in [0.05, 0.1) is 26.3 Å². The second-order valence-electron chi connectivity index (χ2n) is 7.22. The largest absolute Gasteiger partial charge is 0.497 e. The first-order valence-corrected chi connectivity index (χ1v) is 10.2. The third-order valence-electron chi connectivity index (χ3n) is 5.32. The van der Waals surface area contributed by atoms with Crippen LogP contribution in [-0.2, 0) is 17.8 Å². The zero-order valence-electron chi connectivity index (χ0n) is 17.3. The Kier molecular flexibility index (Phi) is 5.87. The molecule has 0 spiro atoms. The van der Waals surface area contributed by atoms with Gasteiger partial charge in [0, 0.05) is 22.5 Å². The summed E-state index contributed by atoms with van der Waals surface area (Å²) in [5, 5.41) is 11.2. The predicted octanol–water partition coefficient (Wildman–Crippen LogP) is 5.65. The van der Waals surface area contributed by atoms with Crippen molar-refractivity contribution < 1.29 is 19.4 Å². The molecule has 1 aromatic heterocycles. The number of nitrogens with zero attached hydrogens (tertiary/aromatic N) is 1. The molecule has 0 fully saturated rings. The zero-order chi connectivity index (χ0) is 22.0. The van der Waals surface area contributed by atoms with Gasteiger partial charge in [-0.2, -0.15) is 0 Å². The van der Waals surface area contributed by atoms with E-state index in [9.17, 15) is 9.90 Å². The minimum Gasteiger partial charge on any atom is -0.497 e. The van der Waals surface area contributed by atoms with Gasteiger partial charge >= 0.3 is 5.97 Å². The van der Waals surface area contributed by atoms with Crippen molar-refractivity contribution >= 4 is 28.5 Å². The molecule has 0 bridgehead atoms. The van der Waals surface area contributed by atoms with E-state index in [1.807, 2.05) is 66.7 Å². The highest BCUT2D eigenvalue weighted by Gasteiger charge is 2.21. The summed E-state index contributed by atoms with van der Waals surface area (Å²) in [5.41, 5.74) is 4.54. The van der Waals surface area contributed by atoms with Crippen LogP contribution in [0.4, 0.5) is 0 Å². The first kappa shape index (κ1) is 20.8. The van der Waals surface area contributed by atoms with E-state index in [0.29, 0.717) is 17.3 Å². The van der Waals surface area contributed by atoms with Crippen LogP contribution in [0.15, 0.2) is 66.7 Å². The molecule has 0 aliphatic carbocycles. The molecule has 0 radical (unpaired) electrons. The van der Waals surface area contributed by atoms with Crippen LogP contribution in [0, 0.1) is 0 Å². The van der Waals surface area contributed by atoms with Gasteiger partial charge in [-0.25, -0.2) is 0 Å². The highest BCUT2D eigenvalue weighted by atomic mass is 35.5. The number of aliphatic carboxylic acids is 1. The van der Waals surface area contributed by atoms with Crippen molar-refractivity contribution in [3.05, 3.63) is 82.9 Å².